The second kappa shape index (κ2) is 11.5. The van der Waals surface area contributed by atoms with E-state index in [4.69, 9.17) is 4.84 Å². The SMILES string of the molecule is O=C(CC1CCN(c2ncc(C(F)(F)F)cn2)CC1)NOCCCNc1cn[nH]c(=O)c1C(F)(F)F. The number of rotatable bonds is 9. The molecule has 36 heavy (non-hydrogen) atoms. The molecule has 2 aromatic rings. The number of nitrogens with one attached hydrogen (secondary N) is 3. The monoisotopic (exact) mass is 523 g/mol. The van der Waals surface area contributed by atoms with Crippen molar-refractivity contribution in [2.45, 2.75) is 38.0 Å². The number of carbonyl (C=O) groups excluding carboxylic acids is 1. The molecular formula is C20H23F6N7O3. The van der Waals surface area contributed by atoms with Gasteiger partial charge < -0.3 is 10.2 Å². The molecule has 3 rings (SSSR count). The van der Waals surface area contributed by atoms with E-state index in [1.807, 2.05) is 0 Å². The van der Waals surface area contributed by atoms with Crippen LogP contribution in [0.1, 0.15) is 36.8 Å². The summed E-state index contributed by atoms with van der Waals surface area (Å²) >= 11 is 0. The summed E-state index contributed by atoms with van der Waals surface area (Å²) in [5.41, 5.74) is -1.83. The summed E-state index contributed by atoms with van der Waals surface area (Å²) in [7, 11) is 0. The van der Waals surface area contributed by atoms with Crippen molar-refractivity contribution in [3.05, 3.63) is 40.1 Å². The minimum atomic E-state index is -4.84. The Morgan fingerprint density at radius 1 is 1.08 bits per heavy atom. The van der Waals surface area contributed by atoms with E-state index in [0.717, 1.165) is 18.6 Å². The third-order valence-electron chi connectivity index (χ3n) is 5.40. The molecule has 198 valence electrons. The predicted octanol–water partition coefficient (Wildman–Crippen LogP) is 2.75. The van der Waals surface area contributed by atoms with Gasteiger partial charge in [-0.25, -0.2) is 20.5 Å². The summed E-state index contributed by atoms with van der Waals surface area (Å²) in [4.78, 5) is 37.8. The van der Waals surface area contributed by atoms with Crippen molar-refractivity contribution in [1.29, 1.82) is 0 Å². The Kier molecular flexibility index (Phi) is 8.70. The van der Waals surface area contributed by atoms with Gasteiger partial charge in [0.2, 0.25) is 11.9 Å². The van der Waals surface area contributed by atoms with Crippen LogP contribution in [-0.4, -0.2) is 52.3 Å². The maximum atomic E-state index is 13.0. The lowest BCUT2D eigenvalue weighted by molar-refractivity contribution is -0.139. The van der Waals surface area contributed by atoms with E-state index in [9.17, 15) is 35.9 Å². The molecule has 2 aromatic heterocycles. The second-order valence-electron chi connectivity index (χ2n) is 8.04. The molecule has 0 spiro atoms. The Labute approximate surface area is 200 Å². The van der Waals surface area contributed by atoms with Gasteiger partial charge >= 0.3 is 12.4 Å². The van der Waals surface area contributed by atoms with Gasteiger partial charge in [0.05, 0.1) is 24.1 Å². The number of anilines is 2. The summed E-state index contributed by atoms with van der Waals surface area (Å²) in [6, 6.07) is 0. The molecule has 0 aromatic carbocycles. The molecule has 1 saturated heterocycles. The topological polar surface area (TPSA) is 125 Å². The predicted molar refractivity (Wildman–Crippen MR) is 114 cm³/mol. The Morgan fingerprint density at radius 2 is 1.75 bits per heavy atom. The highest BCUT2D eigenvalue weighted by atomic mass is 19.4. The number of piperidine rings is 1. The fourth-order valence-corrected chi connectivity index (χ4v) is 3.58. The van der Waals surface area contributed by atoms with E-state index in [0.29, 0.717) is 25.9 Å². The lowest BCUT2D eigenvalue weighted by Crippen LogP contribution is -2.37. The molecular weight excluding hydrogens is 500 g/mol. The Hall–Kier alpha value is -3.43. The molecule has 0 unspecified atom stereocenters. The number of H-pyrrole nitrogens is 1. The molecule has 16 heteroatoms. The zero-order valence-corrected chi connectivity index (χ0v) is 18.7. The molecule has 3 heterocycles. The lowest BCUT2D eigenvalue weighted by atomic mass is 9.93. The number of halogens is 6. The zero-order valence-electron chi connectivity index (χ0n) is 18.7. The van der Waals surface area contributed by atoms with Crippen LogP contribution in [0.15, 0.2) is 23.4 Å². The molecule has 10 nitrogen and oxygen atoms in total. The Bertz CT molecular complexity index is 1070. The summed E-state index contributed by atoms with van der Waals surface area (Å²) < 4.78 is 76.8. The molecule has 0 aliphatic carbocycles. The molecule has 0 atom stereocenters. The van der Waals surface area contributed by atoms with Crippen molar-refractivity contribution in [3.63, 3.8) is 0 Å². The van der Waals surface area contributed by atoms with E-state index < -0.39 is 34.7 Å². The lowest BCUT2D eigenvalue weighted by Gasteiger charge is -2.31. The van der Waals surface area contributed by atoms with Gasteiger partial charge in [0, 0.05) is 38.4 Å². The van der Waals surface area contributed by atoms with Crippen molar-refractivity contribution >= 4 is 17.5 Å². The molecule has 1 aliphatic heterocycles. The fourth-order valence-electron chi connectivity index (χ4n) is 3.58. The molecule has 3 N–H and O–H groups in total. The van der Waals surface area contributed by atoms with Crippen LogP contribution in [0.2, 0.25) is 0 Å². The van der Waals surface area contributed by atoms with Crippen molar-refractivity contribution in [1.82, 2.24) is 25.6 Å². The highest BCUT2D eigenvalue weighted by molar-refractivity contribution is 5.75. The van der Waals surface area contributed by atoms with Crippen molar-refractivity contribution in [2.75, 3.05) is 36.5 Å². The third kappa shape index (κ3) is 7.53. The average molecular weight is 523 g/mol. The van der Waals surface area contributed by atoms with Crippen LogP contribution >= 0.6 is 0 Å². The third-order valence-corrected chi connectivity index (χ3v) is 5.40. The van der Waals surface area contributed by atoms with Gasteiger partial charge in [0.25, 0.3) is 5.56 Å². The number of aromatic amines is 1. The standard InChI is InChI=1S/C20H23F6N7O3/c21-19(22,23)13-9-28-18(29-10-13)33-5-2-12(3-6-33)8-15(34)32-36-7-1-4-27-14-11-30-31-17(35)16(14)20(24,25)26/h9-12H,1-8H2,(H,32,34)(H2,27,31,35). The van der Waals surface area contributed by atoms with Crippen molar-refractivity contribution in [3.8, 4) is 0 Å². The molecule has 0 radical (unpaired) electrons. The smallest absolute Gasteiger partial charge is 0.383 e. The van der Waals surface area contributed by atoms with Crippen LogP contribution in [0.4, 0.5) is 38.0 Å². The normalized spacial score (nSPS) is 15.1. The number of hydrogen-bond acceptors (Lipinski definition) is 8. The Balaban J connectivity index is 1.32. The number of amides is 1. The van der Waals surface area contributed by atoms with E-state index in [1.54, 1.807) is 10.00 Å². The van der Waals surface area contributed by atoms with Gasteiger partial charge in [-0.1, -0.05) is 0 Å². The summed E-state index contributed by atoms with van der Waals surface area (Å²) in [6.45, 7) is 1.01. The summed E-state index contributed by atoms with van der Waals surface area (Å²) in [6.07, 6.45) is -5.40. The molecule has 1 aliphatic rings. The molecule has 1 amide bonds. The first kappa shape index (κ1) is 27.2. The van der Waals surface area contributed by atoms with Gasteiger partial charge in [0.15, 0.2) is 0 Å². The largest absolute Gasteiger partial charge is 0.423 e. The van der Waals surface area contributed by atoms with Crippen LogP contribution in [-0.2, 0) is 22.0 Å². The quantitative estimate of drug-likeness (QED) is 0.260. The van der Waals surface area contributed by atoms with Crippen molar-refractivity contribution < 1.29 is 36.0 Å². The first-order valence-electron chi connectivity index (χ1n) is 10.9. The average Bonchev–Trinajstić information content (AvgIpc) is 2.80. The van der Waals surface area contributed by atoms with Gasteiger partial charge in [0.1, 0.15) is 5.56 Å². The Morgan fingerprint density at radius 3 is 2.36 bits per heavy atom. The number of nitrogens with zero attached hydrogens (tertiary/aromatic N) is 4. The van der Waals surface area contributed by atoms with Crippen LogP contribution in [0.3, 0.4) is 0 Å². The first-order chi connectivity index (χ1) is 16.9. The molecule has 0 saturated carbocycles. The van der Waals surface area contributed by atoms with E-state index in [-0.39, 0.29) is 43.8 Å². The number of hydrogen-bond donors (Lipinski definition) is 3. The minimum Gasteiger partial charge on any atom is -0.383 e. The van der Waals surface area contributed by atoms with E-state index in [2.05, 4.69) is 25.9 Å². The second-order valence-corrected chi connectivity index (χ2v) is 8.04. The maximum Gasteiger partial charge on any atom is 0.423 e. The van der Waals surface area contributed by atoms with Crippen LogP contribution in [0.5, 0.6) is 0 Å². The molecule has 0 bridgehead atoms. The maximum absolute atomic E-state index is 13.0. The molecule has 1 fully saturated rings. The van der Waals surface area contributed by atoms with E-state index in [1.165, 1.54) is 0 Å². The minimum absolute atomic E-state index is 0.0143. The zero-order chi connectivity index (χ0) is 26.3. The number of carbonyl (C=O) groups is 1. The first-order valence-corrected chi connectivity index (χ1v) is 10.9. The highest BCUT2D eigenvalue weighted by Crippen LogP contribution is 2.31. The highest BCUT2D eigenvalue weighted by Gasteiger charge is 2.37. The van der Waals surface area contributed by atoms with Gasteiger partial charge in [-0.3, -0.25) is 14.4 Å². The van der Waals surface area contributed by atoms with E-state index >= 15 is 0 Å². The fraction of sp³-hybridized carbons (Fsp3) is 0.550. The van der Waals surface area contributed by atoms with Crippen LogP contribution < -0.4 is 21.3 Å². The number of alkyl halides is 6. The van der Waals surface area contributed by atoms with Gasteiger partial charge in [-0.15, -0.1) is 0 Å². The van der Waals surface area contributed by atoms with Gasteiger partial charge in [-0.05, 0) is 25.2 Å². The van der Waals surface area contributed by atoms with Crippen LogP contribution in [0.25, 0.3) is 0 Å². The van der Waals surface area contributed by atoms with Crippen LogP contribution in [0, 0.1) is 5.92 Å². The summed E-state index contributed by atoms with van der Waals surface area (Å²) in [5.74, 6) is -0.142. The summed E-state index contributed by atoms with van der Waals surface area (Å²) in [5, 5.41) is 7.56. The number of hydroxylamine groups is 1. The van der Waals surface area contributed by atoms with Gasteiger partial charge in [-0.2, -0.15) is 31.4 Å². The number of aromatic nitrogens is 4. The van der Waals surface area contributed by atoms with Crippen molar-refractivity contribution in [2.24, 2.45) is 5.92 Å².